The van der Waals surface area contributed by atoms with Crippen LogP contribution in [0.25, 0.3) is 10.9 Å². The van der Waals surface area contributed by atoms with Crippen molar-refractivity contribution in [1.29, 1.82) is 0 Å². The summed E-state index contributed by atoms with van der Waals surface area (Å²) in [5.41, 5.74) is 0.906. The van der Waals surface area contributed by atoms with Gasteiger partial charge in [-0.2, -0.15) is 4.31 Å². The van der Waals surface area contributed by atoms with E-state index in [0.717, 1.165) is 31.1 Å². The Labute approximate surface area is 183 Å². The van der Waals surface area contributed by atoms with Crippen molar-refractivity contribution in [3.63, 3.8) is 0 Å². The fourth-order valence-electron chi connectivity index (χ4n) is 5.60. The molecule has 30 heavy (non-hydrogen) atoms. The molecular weight excluding hydrogens is 428 g/mol. The summed E-state index contributed by atoms with van der Waals surface area (Å²) in [4.78, 5) is 4.76. The van der Waals surface area contributed by atoms with Crippen LogP contribution >= 0.6 is 0 Å². The summed E-state index contributed by atoms with van der Waals surface area (Å²) in [6.07, 6.45) is 6.11. The van der Waals surface area contributed by atoms with Gasteiger partial charge < -0.3 is 4.12 Å². The van der Waals surface area contributed by atoms with Crippen LogP contribution < -0.4 is 0 Å². The highest BCUT2D eigenvalue weighted by atomic mass is 32.2. The number of rotatable bonds is 5. The number of nitrogens with zero attached hydrogens (tertiary/aromatic N) is 2. The zero-order valence-electron chi connectivity index (χ0n) is 18.8. The summed E-state index contributed by atoms with van der Waals surface area (Å²) in [5, 5.41) is 0.851. The third-order valence-electron chi connectivity index (χ3n) is 7.54. The van der Waals surface area contributed by atoms with Crippen molar-refractivity contribution in [2.24, 2.45) is 0 Å². The molecule has 0 aliphatic carbocycles. The van der Waals surface area contributed by atoms with Crippen LogP contribution in [0.4, 0.5) is 0 Å². The van der Waals surface area contributed by atoms with Crippen LogP contribution in [0.15, 0.2) is 41.4 Å². The normalized spacial score (nSPS) is 28.5. The molecule has 3 heterocycles. The fourth-order valence-corrected chi connectivity index (χ4v) is 18.2. The van der Waals surface area contributed by atoms with Crippen molar-refractivity contribution in [2.75, 3.05) is 13.1 Å². The maximum Gasteiger partial charge on any atom is 0.245 e. The number of piperidine rings is 1. The molecule has 5 nitrogen and oxygen atoms in total. The number of para-hydroxylation sites is 1. The van der Waals surface area contributed by atoms with Crippen LogP contribution in [0.5, 0.6) is 0 Å². The summed E-state index contributed by atoms with van der Waals surface area (Å²) >= 11 is 0. The van der Waals surface area contributed by atoms with Gasteiger partial charge in [-0.15, -0.1) is 0 Å². The van der Waals surface area contributed by atoms with E-state index in [2.05, 4.69) is 38.1 Å². The van der Waals surface area contributed by atoms with Crippen molar-refractivity contribution in [1.82, 2.24) is 9.29 Å². The standard InChI is InChI=1S/C22H34N2O3SSi2/c1-6-7-13-22-15-19(29(2,3)27-30(22,4)5)16-24(17-22)28(25,26)20-12-8-10-18-11-9-14-23-21(18)20/h8-12,14,19H,6-7,13,15-17H2,1-5H3/t19-,22+/m1/s1. The molecule has 0 saturated carbocycles. The molecule has 4 rings (SSSR count). The number of sulfonamides is 1. The van der Waals surface area contributed by atoms with E-state index in [1.54, 1.807) is 16.6 Å². The molecule has 2 atom stereocenters. The predicted molar refractivity (Wildman–Crippen MR) is 127 cm³/mol. The van der Waals surface area contributed by atoms with E-state index in [4.69, 9.17) is 4.12 Å². The van der Waals surface area contributed by atoms with Gasteiger partial charge in [0.2, 0.25) is 10.0 Å². The number of benzene rings is 1. The van der Waals surface area contributed by atoms with Gasteiger partial charge in [0.1, 0.15) is 4.90 Å². The third-order valence-corrected chi connectivity index (χ3v) is 19.0. The molecule has 2 saturated heterocycles. The average Bonchev–Trinajstić information content (AvgIpc) is 2.70. The molecule has 164 valence electrons. The Morgan fingerprint density at radius 3 is 2.67 bits per heavy atom. The summed E-state index contributed by atoms with van der Waals surface area (Å²) < 4.78 is 36.6. The summed E-state index contributed by atoms with van der Waals surface area (Å²) in [6, 6.07) is 9.25. The summed E-state index contributed by atoms with van der Waals surface area (Å²) in [6.45, 7) is 12.6. The predicted octanol–water partition coefficient (Wildman–Crippen LogP) is 5.37. The van der Waals surface area contributed by atoms with Gasteiger partial charge in [0, 0.05) is 29.7 Å². The zero-order chi connectivity index (χ0) is 21.8. The molecule has 2 fully saturated rings. The lowest BCUT2D eigenvalue weighted by Crippen LogP contribution is -2.67. The number of unbranched alkanes of at least 4 members (excludes halogenated alkanes) is 1. The lowest BCUT2D eigenvalue weighted by atomic mass is 9.92. The lowest BCUT2D eigenvalue weighted by molar-refractivity contribution is 0.207. The van der Waals surface area contributed by atoms with Gasteiger partial charge in [-0.05, 0) is 56.7 Å². The number of hydrogen-bond acceptors (Lipinski definition) is 4. The van der Waals surface area contributed by atoms with Crippen LogP contribution in [-0.2, 0) is 14.1 Å². The largest absolute Gasteiger partial charge is 0.455 e. The van der Waals surface area contributed by atoms with Crippen molar-refractivity contribution in [3.8, 4) is 0 Å². The second-order valence-corrected chi connectivity index (χ2v) is 21.0. The molecule has 1 aromatic carbocycles. The fraction of sp³-hybridized carbons (Fsp3) is 0.591. The molecule has 0 unspecified atom stereocenters. The Morgan fingerprint density at radius 1 is 1.20 bits per heavy atom. The Balaban J connectivity index is 1.81. The highest BCUT2D eigenvalue weighted by Crippen LogP contribution is 2.60. The first-order valence-electron chi connectivity index (χ1n) is 11.1. The minimum Gasteiger partial charge on any atom is -0.455 e. The van der Waals surface area contributed by atoms with Crippen LogP contribution in [0.1, 0.15) is 32.6 Å². The van der Waals surface area contributed by atoms with Crippen molar-refractivity contribution in [2.45, 2.75) is 74.3 Å². The Hall–Kier alpha value is -1.07. The molecule has 2 bridgehead atoms. The topological polar surface area (TPSA) is 59.5 Å². The van der Waals surface area contributed by atoms with Crippen LogP contribution in [0, 0.1) is 0 Å². The maximum atomic E-state index is 13.9. The first-order chi connectivity index (χ1) is 14.0. The SMILES string of the molecule is CCCC[C@]12C[C@H](CN(S(=O)(=O)c3cccc4cccnc34)C1)[Si](C)(C)O[Si]2(C)C. The molecule has 1 aromatic heterocycles. The molecule has 2 aliphatic rings. The highest BCUT2D eigenvalue weighted by molar-refractivity contribution is 7.89. The first kappa shape index (κ1) is 22.1. The minimum absolute atomic E-state index is 0.0144. The van der Waals surface area contributed by atoms with Crippen LogP contribution in [0.3, 0.4) is 0 Å². The molecule has 0 radical (unpaired) electrons. The van der Waals surface area contributed by atoms with E-state index in [1.807, 2.05) is 24.3 Å². The van der Waals surface area contributed by atoms with Crippen LogP contribution in [-0.4, -0.2) is 47.4 Å². The summed E-state index contributed by atoms with van der Waals surface area (Å²) in [5.74, 6) is 0. The van der Waals surface area contributed by atoms with E-state index in [9.17, 15) is 8.42 Å². The van der Waals surface area contributed by atoms with E-state index < -0.39 is 26.7 Å². The lowest BCUT2D eigenvalue weighted by Gasteiger charge is -2.61. The van der Waals surface area contributed by atoms with E-state index >= 15 is 0 Å². The van der Waals surface area contributed by atoms with Gasteiger partial charge in [0.15, 0.2) is 16.6 Å². The van der Waals surface area contributed by atoms with Gasteiger partial charge >= 0.3 is 0 Å². The monoisotopic (exact) mass is 462 g/mol. The van der Waals surface area contributed by atoms with Gasteiger partial charge in [0.05, 0.1) is 5.52 Å². The average molecular weight is 463 g/mol. The molecule has 2 aliphatic heterocycles. The van der Waals surface area contributed by atoms with E-state index in [0.29, 0.717) is 29.0 Å². The molecular formula is C22H34N2O3SSi2. The first-order valence-corrected chi connectivity index (χ1v) is 18.4. The van der Waals surface area contributed by atoms with Crippen molar-refractivity contribution >= 4 is 37.6 Å². The minimum atomic E-state index is -3.63. The molecule has 0 N–H and O–H groups in total. The van der Waals surface area contributed by atoms with Crippen molar-refractivity contribution in [3.05, 3.63) is 36.5 Å². The van der Waals surface area contributed by atoms with Crippen molar-refractivity contribution < 1.29 is 12.5 Å². The van der Waals surface area contributed by atoms with Gasteiger partial charge in [0.25, 0.3) is 0 Å². The summed E-state index contributed by atoms with van der Waals surface area (Å²) in [7, 11) is -7.67. The number of hydrogen-bond donors (Lipinski definition) is 0. The van der Waals surface area contributed by atoms with Gasteiger partial charge in [-0.3, -0.25) is 4.98 Å². The Kier molecular flexibility index (Phi) is 5.54. The van der Waals surface area contributed by atoms with Gasteiger partial charge in [-0.25, -0.2) is 8.42 Å². The number of aromatic nitrogens is 1. The number of pyridine rings is 1. The molecule has 0 spiro atoms. The number of fused-ring (bicyclic) bond motifs is 3. The highest BCUT2D eigenvalue weighted by Gasteiger charge is 2.62. The quantitative estimate of drug-likeness (QED) is 0.560. The Morgan fingerprint density at radius 2 is 1.93 bits per heavy atom. The van der Waals surface area contributed by atoms with Gasteiger partial charge in [-0.1, -0.05) is 38.0 Å². The molecule has 2 aromatic rings. The second-order valence-electron chi connectivity index (χ2n) is 10.1. The van der Waals surface area contributed by atoms with E-state index in [1.165, 1.54) is 0 Å². The van der Waals surface area contributed by atoms with E-state index in [-0.39, 0.29) is 5.04 Å². The molecule has 0 amide bonds. The Bertz CT molecular complexity index is 1050. The maximum absolute atomic E-state index is 13.9. The third kappa shape index (κ3) is 3.50. The zero-order valence-corrected chi connectivity index (χ0v) is 21.6. The second kappa shape index (κ2) is 7.51. The van der Waals surface area contributed by atoms with Crippen LogP contribution in [0.2, 0.25) is 36.8 Å². The smallest absolute Gasteiger partial charge is 0.245 e. The molecule has 8 heteroatoms.